The van der Waals surface area contributed by atoms with Gasteiger partial charge in [-0.3, -0.25) is 29.4 Å². The van der Waals surface area contributed by atoms with Gasteiger partial charge in [0.1, 0.15) is 6.04 Å². The number of nitrogens with one attached hydrogen (secondary N) is 2. The van der Waals surface area contributed by atoms with Crippen molar-refractivity contribution in [2.45, 2.75) is 18.9 Å². The molecule has 1 unspecified atom stereocenters. The molecule has 0 bridgehead atoms. The van der Waals surface area contributed by atoms with Gasteiger partial charge in [-0.15, -0.1) is 12.4 Å². The largest absolute Gasteiger partial charge is 0.382 e. The first kappa shape index (κ1) is 26.7. The molecule has 0 spiro atoms. The van der Waals surface area contributed by atoms with E-state index in [1.165, 1.54) is 0 Å². The third-order valence-corrected chi connectivity index (χ3v) is 5.04. The number of piperidine rings is 1. The SMILES string of the molecule is Cl.NCCOCCOCCOCCNc1cccc2c1C(=O)N(C1CCC(=O)NC1=O)C2=O. The zero-order valence-electron chi connectivity index (χ0n) is 18.2. The Labute approximate surface area is 197 Å². The Morgan fingerprint density at radius 3 is 2.30 bits per heavy atom. The summed E-state index contributed by atoms with van der Waals surface area (Å²) in [5.41, 5.74) is 6.27. The maximum Gasteiger partial charge on any atom is 0.264 e. The second kappa shape index (κ2) is 13.2. The Morgan fingerprint density at radius 1 is 0.970 bits per heavy atom. The van der Waals surface area contributed by atoms with Crippen LogP contribution in [-0.2, 0) is 23.8 Å². The molecule has 1 fully saturated rings. The predicted octanol–water partition coefficient (Wildman–Crippen LogP) is -0.0700. The van der Waals surface area contributed by atoms with Crippen molar-refractivity contribution in [3.63, 3.8) is 0 Å². The molecule has 4 N–H and O–H groups in total. The van der Waals surface area contributed by atoms with Gasteiger partial charge in [0.05, 0.1) is 50.8 Å². The summed E-state index contributed by atoms with van der Waals surface area (Å²) in [6.07, 6.45) is 0.199. The predicted molar refractivity (Wildman–Crippen MR) is 120 cm³/mol. The number of imide groups is 2. The Morgan fingerprint density at radius 2 is 1.64 bits per heavy atom. The Bertz CT molecular complexity index is 867. The topological polar surface area (TPSA) is 149 Å². The molecule has 2 heterocycles. The molecule has 11 nitrogen and oxygen atoms in total. The van der Waals surface area contributed by atoms with Crippen molar-refractivity contribution < 1.29 is 33.4 Å². The maximum absolute atomic E-state index is 13.0. The fourth-order valence-corrected chi connectivity index (χ4v) is 3.55. The van der Waals surface area contributed by atoms with E-state index in [4.69, 9.17) is 19.9 Å². The van der Waals surface area contributed by atoms with Gasteiger partial charge < -0.3 is 25.3 Å². The average Bonchev–Trinajstić information content (AvgIpc) is 3.03. The number of halogens is 1. The molecule has 0 radical (unpaired) electrons. The van der Waals surface area contributed by atoms with Gasteiger partial charge in [0.15, 0.2) is 0 Å². The summed E-state index contributed by atoms with van der Waals surface area (Å²) in [7, 11) is 0. The van der Waals surface area contributed by atoms with Gasteiger partial charge in [0.2, 0.25) is 11.8 Å². The van der Waals surface area contributed by atoms with Crippen molar-refractivity contribution in [3.8, 4) is 0 Å². The lowest BCUT2D eigenvalue weighted by Crippen LogP contribution is -2.54. The zero-order chi connectivity index (χ0) is 22.9. The van der Waals surface area contributed by atoms with E-state index < -0.39 is 29.7 Å². The summed E-state index contributed by atoms with van der Waals surface area (Å²) >= 11 is 0. The maximum atomic E-state index is 13.0. The van der Waals surface area contributed by atoms with E-state index in [-0.39, 0.29) is 36.4 Å². The Hall–Kier alpha value is -2.57. The number of rotatable bonds is 13. The third kappa shape index (κ3) is 6.71. The van der Waals surface area contributed by atoms with Crippen molar-refractivity contribution >= 4 is 41.7 Å². The lowest BCUT2D eigenvalue weighted by Gasteiger charge is -2.27. The van der Waals surface area contributed by atoms with Gasteiger partial charge in [-0.2, -0.15) is 0 Å². The van der Waals surface area contributed by atoms with Gasteiger partial charge in [-0.25, -0.2) is 0 Å². The van der Waals surface area contributed by atoms with Crippen LogP contribution in [-0.4, -0.2) is 87.3 Å². The van der Waals surface area contributed by atoms with Crippen molar-refractivity contribution in [1.82, 2.24) is 10.2 Å². The highest BCUT2D eigenvalue weighted by Gasteiger charge is 2.45. The average molecular weight is 485 g/mol. The first-order valence-corrected chi connectivity index (χ1v) is 10.6. The quantitative estimate of drug-likeness (QED) is 0.258. The fourth-order valence-electron chi connectivity index (χ4n) is 3.55. The molecule has 2 aliphatic heterocycles. The second-order valence-electron chi connectivity index (χ2n) is 7.23. The molecular formula is C21H29ClN4O7. The van der Waals surface area contributed by atoms with E-state index in [1.807, 2.05) is 0 Å². The van der Waals surface area contributed by atoms with Crippen LogP contribution in [0.5, 0.6) is 0 Å². The lowest BCUT2D eigenvalue weighted by atomic mass is 10.0. The highest BCUT2D eigenvalue weighted by Crippen LogP contribution is 2.32. The van der Waals surface area contributed by atoms with Gasteiger partial charge in [-0.1, -0.05) is 6.07 Å². The molecule has 1 aromatic rings. The van der Waals surface area contributed by atoms with Gasteiger partial charge in [0.25, 0.3) is 11.8 Å². The van der Waals surface area contributed by atoms with Crippen LogP contribution in [0.25, 0.3) is 0 Å². The fraction of sp³-hybridized carbons (Fsp3) is 0.524. The minimum atomic E-state index is -0.989. The van der Waals surface area contributed by atoms with Crippen molar-refractivity contribution in [2.75, 3.05) is 58.0 Å². The highest BCUT2D eigenvalue weighted by molar-refractivity contribution is 6.25. The van der Waals surface area contributed by atoms with Gasteiger partial charge in [0, 0.05) is 25.2 Å². The van der Waals surface area contributed by atoms with Crippen LogP contribution in [0.1, 0.15) is 33.6 Å². The van der Waals surface area contributed by atoms with Gasteiger partial charge >= 0.3 is 0 Å². The minimum absolute atomic E-state index is 0. The summed E-state index contributed by atoms with van der Waals surface area (Å²) in [5.74, 6) is -2.12. The third-order valence-electron chi connectivity index (χ3n) is 5.04. The van der Waals surface area contributed by atoms with E-state index >= 15 is 0 Å². The van der Waals surface area contributed by atoms with E-state index in [1.54, 1.807) is 18.2 Å². The number of carbonyl (C=O) groups excluding carboxylic acids is 4. The van der Waals surface area contributed by atoms with Gasteiger partial charge in [-0.05, 0) is 18.6 Å². The summed E-state index contributed by atoms with van der Waals surface area (Å²) in [6, 6.07) is 3.93. The number of nitrogens with two attached hydrogens (primary N) is 1. The molecule has 1 saturated heterocycles. The number of anilines is 1. The summed E-state index contributed by atoms with van der Waals surface area (Å²) in [5, 5.41) is 5.30. The smallest absolute Gasteiger partial charge is 0.264 e. The van der Waals surface area contributed by atoms with Crippen LogP contribution in [0.2, 0.25) is 0 Å². The summed E-state index contributed by atoms with van der Waals surface area (Å²) in [6.45, 7) is 3.57. The molecule has 2 aliphatic rings. The molecule has 182 valence electrons. The second-order valence-corrected chi connectivity index (χ2v) is 7.23. The zero-order valence-corrected chi connectivity index (χ0v) is 19.0. The molecule has 33 heavy (non-hydrogen) atoms. The van der Waals surface area contributed by atoms with Crippen LogP contribution in [0, 0.1) is 0 Å². The Balaban J connectivity index is 0.00000385. The monoisotopic (exact) mass is 484 g/mol. The molecule has 1 atom stereocenters. The Kier molecular flexibility index (Phi) is 10.7. The molecule has 1 aromatic carbocycles. The summed E-state index contributed by atoms with van der Waals surface area (Å²) in [4.78, 5) is 50.3. The van der Waals surface area contributed by atoms with Crippen LogP contribution < -0.4 is 16.4 Å². The van der Waals surface area contributed by atoms with Crippen molar-refractivity contribution in [2.24, 2.45) is 5.73 Å². The molecular weight excluding hydrogens is 456 g/mol. The molecule has 12 heteroatoms. The normalized spacial score (nSPS) is 17.6. The van der Waals surface area contributed by atoms with Crippen LogP contribution >= 0.6 is 12.4 Å². The lowest BCUT2D eigenvalue weighted by molar-refractivity contribution is -0.136. The number of fused-ring (bicyclic) bond motifs is 1. The van der Waals surface area contributed by atoms with Crippen molar-refractivity contribution in [3.05, 3.63) is 29.3 Å². The molecule has 0 aliphatic carbocycles. The highest BCUT2D eigenvalue weighted by atomic mass is 35.5. The van der Waals surface area contributed by atoms with Crippen LogP contribution in [0.4, 0.5) is 5.69 Å². The molecule has 0 saturated carbocycles. The number of amides is 4. The molecule has 3 rings (SSSR count). The number of nitrogens with zero attached hydrogens (tertiary/aromatic N) is 1. The first-order valence-electron chi connectivity index (χ1n) is 10.6. The van der Waals surface area contributed by atoms with E-state index in [9.17, 15) is 19.2 Å². The molecule has 4 amide bonds. The summed E-state index contributed by atoms with van der Waals surface area (Å²) < 4.78 is 16.1. The van der Waals surface area contributed by atoms with Crippen LogP contribution in [0.15, 0.2) is 18.2 Å². The number of hydrogen-bond acceptors (Lipinski definition) is 9. The minimum Gasteiger partial charge on any atom is -0.382 e. The number of ether oxygens (including phenoxy) is 3. The molecule has 0 aromatic heterocycles. The van der Waals surface area contributed by atoms with Crippen LogP contribution in [0.3, 0.4) is 0 Å². The number of benzene rings is 1. The standard InChI is InChI=1S/C21H28N4O7.ClH/c22-6-8-30-10-12-32-13-11-31-9-7-23-15-3-1-2-14-18(15)21(29)25(20(14)28)16-4-5-17(26)24-19(16)27;/h1-3,16,23H,4-13,22H2,(H,24,26,27);1H. The number of hydrogen-bond donors (Lipinski definition) is 3. The van der Waals surface area contributed by atoms with E-state index in [0.717, 1.165) is 4.90 Å². The van der Waals surface area contributed by atoms with Crippen molar-refractivity contribution in [1.29, 1.82) is 0 Å². The van der Waals surface area contributed by atoms with E-state index in [0.29, 0.717) is 58.4 Å². The number of carbonyl (C=O) groups is 4. The first-order chi connectivity index (χ1) is 15.5. The van der Waals surface area contributed by atoms with E-state index in [2.05, 4.69) is 10.6 Å².